The lowest BCUT2D eigenvalue weighted by atomic mass is 9.78. The van der Waals surface area contributed by atoms with Gasteiger partial charge in [0.2, 0.25) is 0 Å². The summed E-state index contributed by atoms with van der Waals surface area (Å²) in [5.41, 5.74) is 6.81. The van der Waals surface area contributed by atoms with Crippen molar-refractivity contribution < 1.29 is 13.9 Å². The fourth-order valence-electron chi connectivity index (χ4n) is 3.00. The molecule has 1 aliphatic carbocycles. The molecule has 5 heteroatoms. The lowest BCUT2D eigenvalue weighted by molar-refractivity contribution is 0.321. The van der Waals surface area contributed by atoms with Crippen LogP contribution in [0, 0.1) is 5.82 Å². The van der Waals surface area contributed by atoms with E-state index in [2.05, 4.69) is 15.9 Å². The Balaban J connectivity index is 2.65. The van der Waals surface area contributed by atoms with Gasteiger partial charge < -0.3 is 15.2 Å². The van der Waals surface area contributed by atoms with Crippen LogP contribution in [0.2, 0.25) is 0 Å². The summed E-state index contributed by atoms with van der Waals surface area (Å²) in [4.78, 5) is 0. The molecule has 1 aliphatic rings. The van der Waals surface area contributed by atoms with Crippen LogP contribution in [0.25, 0.3) is 0 Å². The van der Waals surface area contributed by atoms with Crippen molar-refractivity contribution in [1.82, 2.24) is 0 Å². The Morgan fingerprint density at radius 1 is 1.26 bits per heavy atom. The number of halogens is 2. The molecule has 1 aromatic rings. The molecule has 0 saturated heterocycles. The molecule has 0 amide bonds. The SMILES string of the molecule is COc1c(C2(CN)CCCC2)cc(Br)c(F)c1OC. The third-order valence-electron chi connectivity index (χ3n) is 4.06. The maximum Gasteiger partial charge on any atom is 0.198 e. The maximum atomic E-state index is 14.1. The summed E-state index contributed by atoms with van der Waals surface area (Å²) < 4.78 is 25.0. The minimum atomic E-state index is -0.437. The lowest BCUT2D eigenvalue weighted by Crippen LogP contribution is -2.32. The van der Waals surface area contributed by atoms with Gasteiger partial charge in [0.1, 0.15) is 0 Å². The van der Waals surface area contributed by atoms with Gasteiger partial charge in [0.25, 0.3) is 0 Å². The highest BCUT2D eigenvalue weighted by atomic mass is 79.9. The zero-order chi connectivity index (χ0) is 14.0. The maximum absolute atomic E-state index is 14.1. The van der Waals surface area contributed by atoms with E-state index in [1.54, 1.807) is 6.07 Å². The second-order valence-electron chi connectivity index (χ2n) is 4.98. The first kappa shape index (κ1) is 14.6. The predicted molar refractivity (Wildman–Crippen MR) is 76.4 cm³/mol. The standard InChI is InChI=1S/C14H19BrFNO2/c1-18-12-9(14(8-17)5-3-4-6-14)7-10(15)11(16)13(12)19-2/h7H,3-6,8,17H2,1-2H3. The lowest BCUT2D eigenvalue weighted by Gasteiger charge is -2.30. The van der Waals surface area contributed by atoms with Gasteiger partial charge in [-0.2, -0.15) is 0 Å². The molecule has 0 unspecified atom stereocenters. The molecule has 3 nitrogen and oxygen atoms in total. The number of benzene rings is 1. The molecule has 1 aromatic carbocycles. The molecule has 0 heterocycles. The van der Waals surface area contributed by atoms with E-state index in [9.17, 15) is 4.39 Å². The molecular formula is C14H19BrFNO2. The van der Waals surface area contributed by atoms with Gasteiger partial charge in [-0.25, -0.2) is 4.39 Å². The molecule has 0 bridgehead atoms. The van der Waals surface area contributed by atoms with Crippen LogP contribution in [-0.4, -0.2) is 20.8 Å². The molecule has 1 fully saturated rings. The van der Waals surface area contributed by atoms with Gasteiger partial charge in [0, 0.05) is 17.5 Å². The quantitative estimate of drug-likeness (QED) is 0.919. The van der Waals surface area contributed by atoms with E-state index in [1.165, 1.54) is 14.2 Å². The molecule has 1 saturated carbocycles. The van der Waals surface area contributed by atoms with Crippen LogP contribution in [-0.2, 0) is 5.41 Å². The van der Waals surface area contributed by atoms with Gasteiger partial charge in [-0.1, -0.05) is 12.8 Å². The van der Waals surface area contributed by atoms with E-state index < -0.39 is 5.82 Å². The first-order valence-corrected chi connectivity index (χ1v) is 7.19. The minimum Gasteiger partial charge on any atom is -0.492 e. The second-order valence-corrected chi connectivity index (χ2v) is 5.83. The van der Waals surface area contributed by atoms with Crippen molar-refractivity contribution in [3.63, 3.8) is 0 Å². The van der Waals surface area contributed by atoms with Gasteiger partial charge in [-0.3, -0.25) is 0 Å². The van der Waals surface area contributed by atoms with E-state index in [-0.39, 0.29) is 11.2 Å². The summed E-state index contributed by atoms with van der Waals surface area (Å²) in [7, 11) is 2.98. The highest BCUT2D eigenvalue weighted by molar-refractivity contribution is 9.10. The average Bonchev–Trinajstić information content (AvgIpc) is 2.91. The van der Waals surface area contributed by atoms with E-state index in [0.717, 1.165) is 31.2 Å². The highest BCUT2D eigenvalue weighted by Crippen LogP contribution is 2.49. The van der Waals surface area contributed by atoms with Crippen molar-refractivity contribution in [3.8, 4) is 11.5 Å². The Kier molecular flexibility index (Phi) is 4.36. The normalized spacial score (nSPS) is 17.5. The summed E-state index contributed by atoms with van der Waals surface area (Å²) in [6.45, 7) is 0.532. The summed E-state index contributed by atoms with van der Waals surface area (Å²) in [5, 5.41) is 0. The average molecular weight is 332 g/mol. The van der Waals surface area contributed by atoms with Crippen molar-refractivity contribution >= 4 is 15.9 Å². The molecule has 0 aromatic heterocycles. The van der Waals surface area contributed by atoms with Crippen LogP contribution in [0.3, 0.4) is 0 Å². The molecular weight excluding hydrogens is 313 g/mol. The summed E-state index contributed by atoms with van der Waals surface area (Å²) >= 11 is 3.25. The monoisotopic (exact) mass is 331 g/mol. The van der Waals surface area contributed by atoms with Gasteiger partial charge in [0.05, 0.1) is 18.7 Å². The van der Waals surface area contributed by atoms with Crippen LogP contribution in [0.4, 0.5) is 4.39 Å². The first-order valence-electron chi connectivity index (χ1n) is 6.40. The van der Waals surface area contributed by atoms with Crippen molar-refractivity contribution in [1.29, 1.82) is 0 Å². The Bertz CT molecular complexity index is 473. The summed E-state index contributed by atoms with van der Waals surface area (Å²) in [5.74, 6) is 0.176. The zero-order valence-electron chi connectivity index (χ0n) is 11.3. The van der Waals surface area contributed by atoms with Gasteiger partial charge in [-0.05, 0) is 34.8 Å². The third-order valence-corrected chi connectivity index (χ3v) is 4.64. The molecule has 0 aliphatic heterocycles. The van der Waals surface area contributed by atoms with E-state index >= 15 is 0 Å². The Morgan fingerprint density at radius 2 is 1.84 bits per heavy atom. The minimum absolute atomic E-state index is 0.130. The fourth-order valence-corrected chi connectivity index (χ4v) is 3.41. The van der Waals surface area contributed by atoms with E-state index in [1.807, 2.05) is 0 Å². The predicted octanol–water partition coefficient (Wildman–Crippen LogP) is 3.38. The van der Waals surface area contributed by atoms with Crippen molar-refractivity contribution in [2.24, 2.45) is 5.73 Å². The van der Waals surface area contributed by atoms with Crippen molar-refractivity contribution in [2.75, 3.05) is 20.8 Å². The molecule has 19 heavy (non-hydrogen) atoms. The topological polar surface area (TPSA) is 44.5 Å². The Hall–Kier alpha value is -0.810. The number of hydrogen-bond donors (Lipinski definition) is 1. The first-order chi connectivity index (χ1) is 9.09. The molecule has 0 radical (unpaired) electrons. The van der Waals surface area contributed by atoms with Crippen LogP contribution >= 0.6 is 15.9 Å². The molecule has 106 valence electrons. The molecule has 0 atom stereocenters. The molecule has 2 N–H and O–H groups in total. The number of ether oxygens (including phenoxy) is 2. The molecule has 2 rings (SSSR count). The van der Waals surface area contributed by atoms with E-state index in [0.29, 0.717) is 16.8 Å². The second kappa shape index (κ2) is 5.67. The highest BCUT2D eigenvalue weighted by Gasteiger charge is 2.38. The smallest absolute Gasteiger partial charge is 0.198 e. The van der Waals surface area contributed by atoms with E-state index in [4.69, 9.17) is 15.2 Å². The van der Waals surface area contributed by atoms with Gasteiger partial charge >= 0.3 is 0 Å². The summed E-state index contributed by atoms with van der Waals surface area (Å²) in [6, 6.07) is 1.79. The van der Waals surface area contributed by atoms with Crippen LogP contribution < -0.4 is 15.2 Å². The Labute approximate surface area is 121 Å². The number of methoxy groups -OCH3 is 2. The van der Waals surface area contributed by atoms with Crippen LogP contribution in [0.5, 0.6) is 11.5 Å². The van der Waals surface area contributed by atoms with Gasteiger partial charge in [0.15, 0.2) is 17.3 Å². The summed E-state index contributed by atoms with van der Waals surface area (Å²) in [6.07, 6.45) is 4.28. The Morgan fingerprint density at radius 3 is 2.32 bits per heavy atom. The van der Waals surface area contributed by atoms with Gasteiger partial charge in [-0.15, -0.1) is 0 Å². The van der Waals surface area contributed by atoms with Crippen LogP contribution in [0.15, 0.2) is 10.5 Å². The molecule has 0 spiro atoms. The fraction of sp³-hybridized carbons (Fsp3) is 0.571. The largest absolute Gasteiger partial charge is 0.492 e. The zero-order valence-corrected chi connectivity index (χ0v) is 12.8. The number of nitrogens with two attached hydrogens (primary N) is 1. The van der Waals surface area contributed by atoms with Crippen molar-refractivity contribution in [2.45, 2.75) is 31.1 Å². The number of hydrogen-bond acceptors (Lipinski definition) is 3. The van der Waals surface area contributed by atoms with Crippen molar-refractivity contribution in [3.05, 3.63) is 21.9 Å². The number of rotatable bonds is 4. The van der Waals surface area contributed by atoms with Crippen LogP contribution in [0.1, 0.15) is 31.2 Å². The third kappa shape index (κ3) is 2.34.